The standard InChI is InChI=1S/C12H22O2/c13-7-9-1-3-11-6-10(8-14)2-4-12(11)5-9/h9-14H,1-8H2. The topological polar surface area (TPSA) is 40.5 Å². The zero-order chi connectivity index (χ0) is 9.97. The summed E-state index contributed by atoms with van der Waals surface area (Å²) < 4.78 is 0. The molecule has 0 aliphatic heterocycles. The smallest absolute Gasteiger partial charge is 0.0459 e. The van der Waals surface area contributed by atoms with E-state index in [9.17, 15) is 0 Å². The summed E-state index contributed by atoms with van der Waals surface area (Å²) in [4.78, 5) is 0. The molecule has 2 nitrogen and oxygen atoms in total. The van der Waals surface area contributed by atoms with Crippen LogP contribution in [0.15, 0.2) is 0 Å². The van der Waals surface area contributed by atoms with E-state index in [0.29, 0.717) is 25.0 Å². The molecule has 2 aliphatic rings. The highest BCUT2D eigenvalue weighted by Crippen LogP contribution is 2.44. The lowest BCUT2D eigenvalue weighted by atomic mass is 9.65. The fourth-order valence-corrected chi connectivity index (χ4v) is 3.42. The zero-order valence-electron chi connectivity index (χ0n) is 8.86. The van der Waals surface area contributed by atoms with Crippen LogP contribution >= 0.6 is 0 Å². The first-order valence-corrected chi connectivity index (χ1v) is 6.05. The van der Waals surface area contributed by atoms with E-state index in [4.69, 9.17) is 10.2 Å². The molecule has 2 saturated carbocycles. The predicted molar refractivity (Wildman–Crippen MR) is 55.8 cm³/mol. The molecule has 2 N–H and O–H groups in total. The van der Waals surface area contributed by atoms with Crippen molar-refractivity contribution >= 4 is 0 Å². The molecule has 0 aromatic rings. The van der Waals surface area contributed by atoms with Crippen molar-refractivity contribution in [1.29, 1.82) is 0 Å². The molecule has 14 heavy (non-hydrogen) atoms. The molecule has 0 heterocycles. The van der Waals surface area contributed by atoms with Crippen LogP contribution in [0, 0.1) is 23.7 Å². The second-order valence-electron chi connectivity index (χ2n) is 5.24. The van der Waals surface area contributed by atoms with Crippen LogP contribution in [-0.4, -0.2) is 23.4 Å². The van der Waals surface area contributed by atoms with E-state index in [2.05, 4.69) is 0 Å². The first kappa shape index (κ1) is 10.4. The molecular weight excluding hydrogens is 176 g/mol. The van der Waals surface area contributed by atoms with E-state index in [1.807, 2.05) is 0 Å². The summed E-state index contributed by atoms with van der Waals surface area (Å²) in [6, 6.07) is 0. The summed E-state index contributed by atoms with van der Waals surface area (Å²) in [7, 11) is 0. The summed E-state index contributed by atoms with van der Waals surface area (Å²) in [5.41, 5.74) is 0. The Hall–Kier alpha value is -0.0800. The van der Waals surface area contributed by atoms with Crippen molar-refractivity contribution < 1.29 is 10.2 Å². The molecule has 2 fully saturated rings. The molecule has 0 spiro atoms. The summed E-state index contributed by atoms with van der Waals surface area (Å²) >= 11 is 0. The molecule has 0 bridgehead atoms. The fraction of sp³-hybridized carbons (Fsp3) is 1.00. The van der Waals surface area contributed by atoms with Gasteiger partial charge in [0.1, 0.15) is 0 Å². The molecule has 0 saturated heterocycles. The highest BCUT2D eigenvalue weighted by molar-refractivity contribution is 4.85. The number of hydrogen-bond donors (Lipinski definition) is 2. The van der Waals surface area contributed by atoms with Gasteiger partial charge in [0, 0.05) is 13.2 Å². The maximum atomic E-state index is 9.14. The van der Waals surface area contributed by atoms with E-state index >= 15 is 0 Å². The van der Waals surface area contributed by atoms with Crippen LogP contribution in [0.4, 0.5) is 0 Å². The summed E-state index contributed by atoms with van der Waals surface area (Å²) in [6.45, 7) is 0.763. The number of aliphatic hydroxyl groups is 2. The van der Waals surface area contributed by atoms with Gasteiger partial charge in [-0.1, -0.05) is 0 Å². The normalized spacial score (nSPS) is 43.3. The van der Waals surface area contributed by atoms with Crippen molar-refractivity contribution in [3.05, 3.63) is 0 Å². The second kappa shape index (κ2) is 4.63. The Labute approximate surface area is 86.3 Å². The number of hydrogen-bond acceptors (Lipinski definition) is 2. The van der Waals surface area contributed by atoms with Crippen molar-refractivity contribution in [3.63, 3.8) is 0 Å². The lowest BCUT2D eigenvalue weighted by Gasteiger charge is -2.41. The monoisotopic (exact) mass is 198 g/mol. The van der Waals surface area contributed by atoms with Crippen molar-refractivity contribution in [2.45, 2.75) is 38.5 Å². The highest BCUT2D eigenvalue weighted by Gasteiger charge is 2.34. The van der Waals surface area contributed by atoms with Crippen molar-refractivity contribution in [2.75, 3.05) is 13.2 Å². The van der Waals surface area contributed by atoms with Gasteiger partial charge in [-0.3, -0.25) is 0 Å². The lowest BCUT2D eigenvalue weighted by Crippen LogP contribution is -2.33. The maximum absolute atomic E-state index is 9.14. The van der Waals surface area contributed by atoms with Gasteiger partial charge >= 0.3 is 0 Å². The van der Waals surface area contributed by atoms with Gasteiger partial charge in [-0.05, 0) is 62.2 Å². The third-order valence-electron chi connectivity index (χ3n) is 4.35. The van der Waals surface area contributed by atoms with Gasteiger partial charge in [0.25, 0.3) is 0 Å². The quantitative estimate of drug-likeness (QED) is 0.710. The SMILES string of the molecule is OCC1CCC2CC(CO)CCC2C1. The minimum atomic E-state index is 0.382. The van der Waals surface area contributed by atoms with E-state index < -0.39 is 0 Å². The van der Waals surface area contributed by atoms with Crippen LogP contribution < -0.4 is 0 Å². The number of fused-ring (bicyclic) bond motifs is 1. The van der Waals surface area contributed by atoms with Gasteiger partial charge in [0.05, 0.1) is 0 Å². The fourth-order valence-electron chi connectivity index (χ4n) is 3.42. The number of aliphatic hydroxyl groups excluding tert-OH is 2. The van der Waals surface area contributed by atoms with Crippen LogP contribution in [0.1, 0.15) is 38.5 Å². The van der Waals surface area contributed by atoms with Crippen LogP contribution in [0.2, 0.25) is 0 Å². The first-order chi connectivity index (χ1) is 6.83. The minimum Gasteiger partial charge on any atom is -0.396 e. The van der Waals surface area contributed by atoms with Crippen molar-refractivity contribution in [1.82, 2.24) is 0 Å². The third kappa shape index (κ3) is 2.12. The lowest BCUT2D eigenvalue weighted by molar-refractivity contribution is 0.0546. The van der Waals surface area contributed by atoms with Crippen LogP contribution in [0.5, 0.6) is 0 Å². The van der Waals surface area contributed by atoms with E-state index in [-0.39, 0.29) is 0 Å². The van der Waals surface area contributed by atoms with E-state index in [0.717, 1.165) is 11.8 Å². The van der Waals surface area contributed by atoms with Crippen molar-refractivity contribution in [3.8, 4) is 0 Å². The summed E-state index contributed by atoms with van der Waals surface area (Å²) in [5, 5.41) is 18.3. The molecule has 0 aromatic heterocycles. The first-order valence-electron chi connectivity index (χ1n) is 6.05. The molecule has 0 radical (unpaired) electrons. The molecular formula is C12H22O2. The second-order valence-corrected chi connectivity index (χ2v) is 5.24. The van der Waals surface area contributed by atoms with Crippen molar-refractivity contribution in [2.24, 2.45) is 23.7 Å². The highest BCUT2D eigenvalue weighted by atomic mass is 16.3. The largest absolute Gasteiger partial charge is 0.396 e. The Balaban J connectivity index is 1.88. The summed E-state index contributed by atoms with van der Waals surface area (Å²) in [5.74, 6) is 2.84. The third-order valence-corrected chi connectivity index (χ3v) is 4.35. The molecule has 0 amide bonds. The molecule has 4 atom stereocenters. The van der Waals surface area contributed by atoms with Gasteiger partial charge in [0.2, 0.25) is 0 Å². The Morgan fingerprint density at radius 3 is 1.50 bits per heavy atom. The van der Waals surface area contributed by atoms with Crippen LogP contribution in [0.3, 0.4) is 0 Å². The Bertz CT molecular complexity index is 161. The Kier molecular flexibility index (Phi) is 3.45. The van der Waals surface area contributed by atoms with Gasteiger partial charge in [-0.2, -0.15) is 0 Å². The number of rotatable bonds is 2. The molecule has 4 unspecified atom stereocenters. The minimum absolute atomic E-state index is 0.382. The molecule has 2 heteroatoms. The average Bonchev–Trinajstić information content (AvgIpc) is 2.27. The van der Waals surface area contributed by atoms with E-state index in [1.54, 1.807) is 0 Å². The Morgan fingerprint density at radius 2 is 1.14 bits per heavy atom. The van der Waals surface area contributed by atoms with E-state index in [1.165, 1.54) is 38.5 Å². The van der Waals surface area contributed by atoms with Crippen LogP contribution in [0.25, 0.3) is 0 Å². The predicted octanol–water partition coefficient (Wildman–Crippen LogP) is 1.80. The molecule has 2 aliphatic carbocycles. The average molecular weight is 198 g/mol. The zero-order valence-corrected chi connectivity index (χ0v) is 8.86. The molecule has 82 valence electrons. The van der Waals surface area contributed by atoms with Gasteiger partial charge in [0.15, 0.2) is 0 Å². The van der Waals surface area contributed by atoms with Crippen LogP contribution in [-0.2, 0) is 0 Å². The molecule has 0 aromatic carbocycles. The van der Waals surface area contributed by atoms with Gasteiger partial charge in [-0.15, -0.1) is 0 Å². The summed E-state index contributed by atoms with van der Waals surface area (Å²) in [6.07, 6.45) is 7.45. The van der Waals surface area contributed by atoms with Gasteiger partial charge < -0.3 is 10.2 Å². The maximum Gasteiger partial charge on any atom is 0.0459 e. The van der Waals surface area contributed by atoms with Gasteiger partial charge in [-0.25, -0.2) is 0 Å². The Morgan fingerprint density at radius 1 is 0.714 bits per heavy atom. The molecule has 2 rings (SSSR count).